The first-order valence-electron chi connectivity index (χ1n) is 6.99. The fourth-order valence-corrected chi connectivity index (χ4v) is 2.79. The lowest BCUT2D eigenvalue weighted by Crippen LogP contribution is -2.30. The van der Waals surface area contributed by atoms with Crippen LogP contribution in [-0.2, 0) is 0 Å². The average Bonchev–Trinajstić information content (AvgIpc) is 2.48. The van der Waals surface area contributed by atoms with Gasteiger partial charge in [0, 0.05) is 18.8 Å². The Bertz CT molecular complexity index is 526. The summed E-state index contributed by atoms with van der Waals surface area (Å²) in [6, 6.07) is 1.79. The topological polar surface area (TPSA) is 73.7 Å². The summed E-state index contributed by atoms with van der Waals surface area (Å²) in [6.07, 6.45) is 2.19. The van der Waals surface area contributed by atoms with Crippen LogP contribution < -0.4 is 4.90 Å². The number of carbonyl (C=O) groups is 1. The van der Waals surface area contributed by atoms with Gasteiger partial charge in [0.15, 0.2) is 0 Å². The molecule has 1 aromatic rings. The van der Waals surface area contributed by atoms with E-state index in [1.165, 1.54) is 0 Å². The normalized spacial score (nSPS) is 23.5. The van der Waals surface area contributed by atoms with Crippen molar-refractivity contribution in [1.82, 2.24) is 4.98 Å². The highest BCUT2D eigenvalue weighted by atomic mass is 16.4. The summed E-state index contributed by atoms with van der Waals surface area (Å²) in [5.74, 6) is -0.409. The number of hydrogen-bond acceptors (Lipinski definition) is 4. The van der Waals surface area contributed by atoms with Gasteiger partial charge in [0.25, 0.3) is 0 Å². The van der Waals surface area contributed by atoms with E-state index in [2.05, 4.69) is 4.98 Å². The number of rotatable bonds is 2. The van der Waals surface area contributed by atoms with E-state index in [0.717, 1.165) is 30.6 Å². The van der Waals surface area contributed by atoms with Crippen LogP contribution in [0.3, 0.4) is 0 Å². The molecule has 0 radical (unpaired) electrons. The molecule has 2 rings (SSSR count). The Morgan fingerprint density at radius 3 is 2.70 bits per heavy atom. The van der Waals surface area contributed by atoms with Gasteiger partial charge >= 0.3 is 5.97 Å². The predicted octanol–water partition coefficient (Wildman–Crippen LogP) is 2.14. The second-order valence-corrected chi connectivity index (χ2v) is 5.92. The van der Waals surface area contributed by atoms with Crippen molar-refractivity contribution in [3.8, 4) is 0 Å². The maximum atomic E-state index is 11.5. The van der Waals surface area contributed by atoms with Gasteiger partial charge in [-0.25, -0.2) is 9.78 Å². The van der Waals surface area contributed by atoms with Crippen LogP contribution in [0.2, 0.25) is 0 Å². The number of aromatic nitrogens is 1. The van der Waals surface area contributed by atoms with Crippen molar-refractivity contribution in [2.75, 3.05) is 18.0 Å². The Kier molecular flexibility index (Phi) is 3.99. The first-order valence-corrected chi connectivity index (χ1v) is 6.99. The highest BCUT2D eigenvalue weighted by molar-refractivity contribution is 5.95. The summed E-state index contributed by atoms with van der Waals surface area (Å²) in [7, 11) is 0. The molecule has 1 saturated heterocycles. The van der Waals surface area contributed by atoms with Crippen LogP contribution in [0, 0.1) is 13.8 Å². The van der Waals surface area contributed by atoms with Crippen LogP contribution in [0.25, 0.3) is 0 Å². The van der Waals surface area contributed by atoms with Gasteiger partial charge in [0.2, 0.25) is 0 Å². The number of carboxylic acids is 1. The van der Waals surface area contributed by atoms with Crippen molar-refractivity contribution in [1.29, 1.82) is 0 Å². The quantitative estimate of drug-likeness (QED) is 0.867. The van der Waals surface area contributed by atoms with E-state index in [-0.39, 0.29) is 5.56 Å². The lowest BCUT2D eigenvalue weighted by Gasteiger charge is -2.25. The first-order chi connectivity index (χ1) is 9.30. The molecular weight excluding hydrogens is 256 g/mol. The van der Waals surface area contributed by atoms with Gasteiger partial charge in [-0.1, -0.05) is 0 Å². The van der Waals surface area contributed by atoms with Crippen LogP contribution in [0.4, 0.5) is 5.82 Å². The van der Waals surface area contributed by atoms with Gasteiger partial charge in [-0.15, -0.1) is 0 Å². The van der Waals surface area contributed by atoms with Gasteiger partial charge in [-0.3, -0.25) is 0 Å². The maximum Gasteiger partial charge on any atom is 0.339 e. The van der Waals surface area contributed by atoms with Crippen molar-refractivity contribution in [3.05, 3.63) is 22.9 Å². The zero-order valence-electron chi connectivity index (χ0n) is 12.3. The molecule has 0 bridgehead atoms. The zero-order valence-corrected chi connectivity index (χ0v) is 12.3. The summed E-state index contributed by atoms with van der Waals surface area (Å²) in [5, 5.41) is 19.6. The van der Waals surface area contributed by atoms with E-state index in [0.29, 0.717) is 18.8 Å². The third-order valence-electron chi connectivity index (χ3n) is 3.90. The lowest BCUT2D eigenvalue weighted by atomic mass is 9.98. The van der Waals surface area contributed by atoms with Gasteiger partial charge in [-0.2, -0.15) is 0 Å². The standard InChI is InChI=1S/C15H22N2O3/c1-10-9-11(2)16-13(12(10)14(18)19)17-7-4-5-15(3,20)6-8-17/h9,20H,4-8H2,1-3H3,(H,18,19). The monoisotopic (exact) mass is 278 g/mol. The minimum absolute atomic E-state index is 0.275. The van der Waals surface area contributed by atoms with Crippen LogP contribution in [0.1, 0.15) is 47.8 Å². The Hall–Kier alpha value is -1.62. The number of hydrogen-bond donors (Lipinski definition) is 2. The van der Waals surface area contributed by atoms with Crippen molar-refractivity contribution < 1.29 is 15.0 Å². The van der Waals surface area contributed by atoms with E-state index in [4.69, 9.17) is 0 Å². The number of aryl methyl sites for hydroxylation is 2. The predicted molar refractivity (Wildman–Crippen MR) is 77.4 cm³/mol. The molecule has 5 heteroatoms. The van der Waals surface area contributed by atoms with Gasteiger partial charge in [0.05, 0.1) is 5.60 Å². The van der Waals surface area contributed by atoms with Crippen molar-refractivity contribution in [3.63, 3.8) is 0 Å². The second-order valence-electron chi connectivity index (χ2n) is 5.92. The summed E-state index contributed by atoms with van der Waals surface area (Å²) < 4.78 is 0. The third-order valence-corrected chi connectivity index (χ3v) is 3.90. The van der Waals surface area contributed by atoms with E-state index in [9.17, 15) is 15.0 Å². The lowest BCUT2D eigenvalue weighted by molar-refractivity contribution is 0.0481. The van der Waals surface area contributed by atoms with E-state index in [1.807, 2.05) is 18.7 Å². The first kappa shape index (κ1) is 14.8. The summed E-state index contributed by atoms with van der Waals surface area (Å²) >= 11 is 0. The Labute approximate surface area is 119 Å². The summed E-state index contributed by atoms with van der Waals surface area (Å²) in [6.45, 7) is 6.87. The molecule has 2 heterocycles. The minimum Gasteiger partial charge on any atom is -0.478 e. The molecule has 1 aliphatic rings. The van der Waals surface area contributed by atoms with Crippen molar-refractivity contribution >= 4 is 11.8 Å². The molecule has 0 saturated carbocycles. The Balaban J connectivity index is 2.39. The highest BCUT2D eigenvalue weighted by Gasteiger charge is 2.28. The summed E-state index contributed by atoms with van der Waals surface area (Å²) in [5.41, 5.74) is 1.16. The van der Waals surface area contributed by atoms with Crippen LogP contribution in [0.15, 0.2) is 6.07 Å². The van der Waals surface area contributed by atoms with Crippen molar-refractivity contribution in [2.24, 2.45) is 0 Å². The Morgan fingerprint density at radius 1 is 1.35 bits per heavy atom. The SMILES string of the molecule is Cc1cc(C)c(C(=O)O)c(N2CCCC(C)(O)CC2)n1. The molecular formula is C15H22N2O3. The highest BCUT2D eigenvalue weighted by Crippen LogP contribution is 2.28. The molecule has 0 aromatic carbocycles. The smallest absolute Gasteiger partial charge is 0.339 e. The molecule has 0 spiro atoms. The number of pyridine rings is 1. The number of carboxylic acid groups (broad SMARTS) is 1. The molecule has 1 fully saturated rings. The molecule has 2 N–H and O–H groups in total. The minimum atomic E-state index is -0.944. The molecule has 1 aliphatic heterocycles. The molecule has 1 atom stereocenters. The molecule has 0 amide bonds. The molecule has 0 aliphatic carbocycles. The molecule has 20 heavy (non-hydrogen) atoms. The van der Waals surface area contributed by atoms with Crippen molar-refractivity contribution in [2.45, 2.75) is 45.6 Å². The van der Waals surface area contributed by atoms with Gasteiger partial charge in [0.1, 0.15) is 11.4 Å². The van der Waals surface area contributed by atoms with E-state index in [1.54, 1.807) is 13.0 Å². The largest absolute Gasteiger partial charge is 0.478 e. The number of nitrogens with zero attached hydrogens (tertiary/aromatic N) is 2. The van der Waals surface area contributed by atoms with Crippen LogP contribution >= 0.6 is 0 Å². The molecule has 1 aromatic heterocycles. The summed E-state index contributed by atoms with van der Waals surface area (Å²) in [4.78, 5) is 17.9. The Morgan fingerprint density at radius 2 is 2.05 bits per heavy atom. The van der Waals surface area contributed by atoms with Crippen LogP contribution in [-0.4, -0.2) is 39.9 Å². The number of aromatic carboxylic acids is 1. The fraction of sp³-hybridized carbons (Fsp3) is 0.600. The van der Waals surface area contributed by atoms with E-state index < -0.39 is 11.6 Å². The zero-order chi connectivity index (χ0) is 14.9. The van der Waals surface area contributed by atoms with E-state index >= 15 is 0 Å². The fourth-order valence-electron chi connectivity index (χ4n) is 2.79. The van der Waals surface area contributed by atoms with Gasteiger partial charge < -0.3 is 15.1 Å². The molecule has 110 valence electrons. The molecule has 1 unspecified atom stereocenters. The number of aliphatic hydroxyl groups is 1. The number of anilines is 1. The molecule has 5 nitrogen and oxygen atoms in total. The average molecular weight is 278 g/mol. The third kappa shape index (κ3) is 3.10. The maximum absolute atomic E-state index is 11.5. The second kappa shape index (κ2) is 5.40. The van der Waals surface area contributed by atoms with Crippen LogP contribution in [0.5, 0.6) is 0 Å². The van der Waals surface area contributed by atoms with Gasteiger partial charge in [-0.05, 0) is 51.7 Å².